The predicted molar refractivity (Wildman–Crippen MR) is 95.8 cm³/mol. The zero-order chi connectivity index (χ0) is 18.4. The number of esters is 1. The van der Waals surface area contributed by atoms with E-state index in [0.29, 0.717) is 17.8 Å². The molecule has 2 N–H and O–H groups in total. The number of aromatic nitrogens is 3. The maximum Gasteiger partial charge on any atom is 0.338 e. The summed E-state index contributed by atoms with van der Waals surface area (Å²) in [7, 11) is 0. The average Bonchev–Trinajstić information content (AvgIpc) is 3.29. The Kier molecular flexibility index (Phi) is 5.83. The Morgan fingerprint density at radius 1 is 1.27 bits per heavy atom. The maximum absolute atomic E-state index is 12.1. The van der Waals surface area contributed by atoms with E-state index in [-0.39, 0.29) is 24.1 Å². The van der Waals surface area contributed by atoms with Crippen molar-refractivity contribution in [1.82, 2.24) is 20.1 Å². The van der Waals surface area contributed by atoms with Crippen LogP contribution < -0.4 is 10.6 Å². The fraction of sp³-hybridized carbons (Fsp3) is 0.444. The van der Waals surface area contributed by atoms with Crippen LogP contribution in [0.1, 0.15) is 43.0 Å². The Labute approximate surface area is 151 Å². The second-order valence-electron chi connectivity index (χ2n) is 6.51. The Bertz CT molecular complexity index is 724. The third kappa shape index (κ3) is 5.05. The number of carbonyl (C=O) groups is 2. The molecule has 8 nitrogen and oxygen atoms in total. The van der Waals surface area contributed by atoms with E-state index in [0.717, 1.165) is 25.7 Å². The number of ether oxygens (including phenoxy) is 1. The van der Waals surface area contributed by atoms with Crippen LogP contribution in [0.2, 0.25) is 0 Å². The van der Waals surface area contributed by atoms with Gasteiger partial charge in [0.2, 0.25) is 0 Å². The number of hydrogen-bond donors (Lipinski definition) is 2. The van der Waals surface area contributed by atoms with Gasteiger partial charge in [0.15, 0.2) is 0 Å². The summed E-state index contributed by atoms with van der Waals surface area (Å²) in [4.78, 5) is 28.0. The van der Waals surface area contributed by atoms with Gasteiger partial charge in [-0.2, -0.15) is 5.10 Å². The van der Waals surface area contributed by atoms with Crippen LogP contribution in [-0.4, -0.2) is 38.9 Å². The molecule has 1 heterocycles. The first-order chi connectivity index (χ1) is 12.6. The number of hydrogen-bond acceptors (Lipinski definition) is 5. The van der Waals surface area contributed by atoms with Gasteiger partial charge in [-0.05, 0) is 56.9 Å². The van der Waals surface area contributed by atoms with Gasteiger partial charge >= 0.3 is 12.0 Å². The molecular formula is C18H23N5O3. The molecule has 2 amide bonds. The van der Waals surface area contributed by atoms with Gasteiger partial charge in [-0.25, -0.2) is 14.6 Å². The SMILES string of the molecule is CC(Cn1cncn1)NC(=O)Nc1ccc(C(=O)OC2CCCC2)cc1. The molecule has 1 saturated carbocycles. The van der Waals surface area contributed by atoms with Gasteiger partial charge in [-0.15, -0.1) is 0 Å². The predicted octanol–water partition coefficient (Wildman–Crippen LogP) is 2.59. The van der Waals surface area contributed by atoms with Crippen molar-refractivity contribution < 1.29 is 14.3 Å². The standard InChI is InChI=1S/C18H23N5O3/c1-13(10-23-12-19-11-20-23)21-18(25)22-15-8-6-14(7-9-15)17(24)26-16-4-2-3-5-16/h6-9,11-13,16H,2-5,10H2,1H3,(H2,21,22,25). The van der Waals surface area contributed by atoms with Crippen LogP contribution in [0.3, 0.4) is 0 Å². The summed E-state index contributed by atoms with van der Waals surface area (Å²) in [6.45, 7) is 2.41. The minimum absolute atomic E-state index is 0.0394. The first-order valence-corrected chi connectivity index (χ1v) is 8.81. The fourth-order valence-corrected chi connectivity index (χ4v) is 2.96. The van der Waals surface area contributed by atoms with Crippen LogP contribution in [0, 0.1) is 0 Å². The minimum atomic E-state index is -0.320. The molecule has 2 aromatic rings. The van der Waals surface area contributed by atoms with Gasteiger partial charge in [0.25, 0.3) is 0 Å². The number of anilines is 1. The normalized spacial score (nSPS) is 15.4. The van der Waals surface area contributed by atoms with Crippen molar-refractivity contribution in [2.24, 2.45) is 0 Å². The quantitative estimate of drug-likeness (QED) is 0.774. The van der Waals surface area contributed by atoms with E-state index in [1.165, 1.54) is 6.33 Å². The topological polar surface area (TPSA) is 98.1 Å². The van der Waals surface area contributed by atoms with Crippen molar-refractivity contribution in [1.29, 1.82) is 0 Å². The average molecular weight is 357 g/mol. The highest BCUT2D eigenvalue weighted by atomic mass is 16.5. The first-order valence-electron chi connectivity index (χ1n) is 8.81. The van der Waals surface area contributed by atoms with E-state index in [9.17, 15) is 9.59 Å². The van der Waals surface area contributed by atoms with Crippen molar-refractivity contribution in [3.8, 4) is 0 Å². The van der Waals surface area contributed by atoms with Gasteiger partial charge in [0.05, 0.1) is 12.1 Å². The summed E-state index contributed by atoms with van der Waals surface area (Å²) >= 11 is 0. The lowest BCUT2D eigenvalue weighted by Gasteiger charge is -2.15. The summed E-state index contributed by atoms with van der Waals surface area (Å²) in [6.07, 6.45) is 7.20. The molecule has 0 radical (unpaired) electrons. The van der Waals surface area contributed by atoms with Crippen molar-refractivity contribution in [2.75, 3.05) is 5.32 Å². The van der Waals surface area contributed by atoms with E-state index in [1.54, 1.807) is 35.3 Å². The second kappa shape index (κ2) is 8.46. The van der Waals surface area contributed by atoms with E-state index in [2.05, 4.69) is 20.7 Å². The third-order valence-corrected chi connectivity index (χ3v) is 4.26. The lowest BCUT2D eigenvalue weighted by atomic mass is 10.2. The van der Waals surface area contributed by atoms with Gasteiger partial charge < -0.3 is 15.4 Å². The summed E-state index contributed by atoms with van der Waals surface area (Å²) < 4.78 is 7.12. The van der Waals surface area contributed by atoms with Gasteiger partial charge in [0.1, 0.15) is 18.8 Å². The minimum Gasteiger partial charge on any atom is -0.459 e. The van der Waals surface area contributed by atoms with Crippen LogP contribution >= 0.6 is 0 Å². The van der Waals surface area contributed by atoms with Crippen molar-refractivity contribution in [3.05, 3.63) is 42.5 Å². The first kappa shape index (κ1) is 17.9. The molecular weight excluding hydrogens is 334 g/mol. The molecule has 0 saturated heterocycles. The zero-order valence-corrected chi connectivity index (χ0v) is 14.7. The van der Waals surface area contributed by atoms with Crippen molar-refractivity contribution in [2.45, 2.75) is 51.3 Å². The van der Waals surface area contributed by atoms with Gasteiger partial charge in [-0.1, -0.05) is 0 Å². The highest BCUT2D eigenvalue weighted by Crippen LogP contribution is 2.22. The Morgan fingerprint density at radius 3 is 2.65 bits per heavy atom. The summed E-state index contributed by atoms with van der Waals surface area (Å²) in [6, 6.07) is 6.26. The van der Waals surface area contributed by atoms with Crippen LogP contribution in [0.5, 0.6) is 0 Å². The highest BCUT2D eigenvalue weighted by molar-refractivity contribution is 5.92. The number of rotatable bonds is 6. The molecule has 0 spiro atoms. The number of benzene rings is 1. The maximum atomic E-state index is 12.1. The summed E-state index contributed by atoms with van der Waals surface area (Å²) in [5.74, 6) is -0.311. The molecule has 1 aromatic carbocycles. The molecule has 1 unspecified atom stereocenters. The molecule has 138 valence electrons. The molecule has 3 rings (SSSR count). The fourth-order valence-electron chi connectivity index (χ4n) is 2.96. The van der Waals surface area contributed by atoms with Crippen LogP contribution in [0.4, 0.5) is 10.5 Å². The molecule has 1 aliphatic carbocycles. The molecule has 1 fully saturated rings. The lowest BCUT2D eigenvalue weighted by Crippen LogP contribution is -2.38. The molecule has 8 heteroatoms. The number of urea groups is 1. The molecule has 1 atom stereocenters. The Morgan fingerprint density at radius 2 is 2.00 bits per heavy atom. The molecule has 0 bridgehead atoms. The monoisotopic (exact) mass is 357 g/mol. The smallest absolute Gasteiger partial charge is 0.338 e. The number of carbonyl (C=O) groups excluding carboxylic acids is 2. The van der Waals surface area contributed by atoms with Crippen LogP contribution in [0.15, 0.2) is 36.9 Å². The highest BCUT2D eigenvalue weighted by Gasteiger charge is 2.20. The number of amides is 2. The molecule has 1 aliphatic rings. The lowest BCUT2D eigenvalue weighted by molar-refractivity contribution is 0.0318. The van der Waals surface area contributed by atoms with Gasteiger partial charge in [-0.3, -0.25) is 4.68 Å². The van der Waals surface area contributed by atoms with Crippen molar-refractivity contribution >= 4 is 17.7 Å². The summed E-state index contributed by atoms with van der Waals surface area (Å²) in [5.41, 5.74) is 1.09. The van der Waals surface area contributed by atoms with E-state index < -0.39 is 0 Å². The van der Waals surface area contributed by atoms with Crippen LogP contribution in [0.25, 0.3) is 0 Å². The summed E-state index contributed by atoms with van der Waals surface area (Å²) in [5, 5.41) is 9.57. The van der Waals surface area contributed by atoms with E-state index in [1.807, 2.05) is 6.92 Å². The largest absolute Gasteiger partial charge is 0.459 e. The number of nitrogens with one attached hydrogen (secondary N) is 2. The zero-order valence-electron chi connectivity index (χ0n) is 14.7. The third-order valence-electron chi connectivity index (χ3n) is 4.26. The molecule has 1 aromatic heterocycles. The Hall–Kier alpha value is -2.90. The number of nitrogens with zero attached hydrogens (tertiary/aromatic N) is 3. The Balaban J connectivity index is 1.47. The van der Waals surface area contributed by atoms with Crippen LogP contribution in [-0.2, 0) is 11.3 Å². The van der Waals surface area contributed by atoms with Gasteiger partial charge in [0, 0.05) is 11.7 Å². The molecule has 0 aliphatic heterocycles. The van der Waals surface area contributed by atoms with Crippen molar-refractivity contribution in [3.63, 3.8) is 0 Å². The second-order valence-corrected chi connectivity index (χ2v) is 6.51. The van der Waals surface area contributed by atoms with E-state index in [4.69, 9.17) is 4.74 Å². The van der Waals surface area contributed by atoms with E-state index >= 15 is 0 Å². The molecule has 26 heavy (non-hydrogen) atoms.